The van der Waals surface area contributed by atoms with E-state index in [4.69, 9.17) is 16.3 Å². The van der Waals surface area contributed by atoms with Crippen LogP contribution >= 0.6 is 11.6 Å². The predicted molar refractivity (Wildman–Crippen MR) is 126 cm³/mol. The van der Waals surface area contributed by atoms with Crippen LogP contribution < -0.4 is 14.5 Å². The molecule has 32 heavy (non-hydrogen) atoms. The number of sulfonamides is 1. The van der Waals surface area contributed by atoms with Gasteiger partial charge in [0.2, 0.25) is 0 Å². The van der Waals surface area contributed by atoms with Gasteiger partial charge in [-0.05, 0) is 48.9 Å². The number of halogens is 1. The Morgan fingerprint density at radius 3 is 2.38 bits per heavy atom. The van der Waals surface area contributed by atoms with Crippen LogP contribution in [0, 0.1) is 0 Å². The molecular formula is C23H22ClN3O4S. The Balaban J connectivity index is 1.87. The zero-order valence-corrected chi connectivity index (χ0v) is 19.1. The summed E-state index contributed by atoms with van der Waals surface area (Å²) in [5.74, 6) is -0.131. The normalized spacial score (nSPS) is 11.7. The van der Waals surface area contributed by atoms with Crippen molar-refractivity contribution in [3.05, 3.63) is 89.4 Å². The van der Waals surface area contributed by atoms with Crippen LogP contribution in [0.15, 0.2) is 88.9 Å². The van der Waals surface area contributed by atoms with Gasteiger partial charge in [-0.2, -0.15) is 5.10 Å². The highest BCUT2D eigenvalue weighted by Gasteiger charge is 2.27. The van der Waals surface area contributed by atoms with E-state index in [9.17, 15) is 13.2 Å². The summed E-state index contributed by atoms with van der Waals surface area (Å²) in [7, 11) is -2.53. The predicted octanol–water partition coefficient (Wildman–Crippen LogP) is 4.08. The molecule has 3 aromatic carbocycles. The largest absolute Gasteiger partial charge is 0.497 e. The first-order valence-electron chi connectivity index (χ1n) is 9.62. The zero-order chi connectivity index (χ0) is 23.1. The van der Waals surface area contributed by atoms with Crippen molar-refractivity contribution in [1.82, 2.24) is 5.43 Å². The van der Waals surface area contributed by atoms with E-state index in [-0.39, 0.29) is 4.90 Å². The standard InChI is InChI=1S/C23H22ClN3O4S/c1-17(18-11-13-19(24)14-12-18)25-26-23(28)16-27(20-7-6-8-21(15-20)31-2)32(29,30)22-9-4-3-5-10-22/h3-15H,16H2,1-2H3,(H,26,28)/b25-17-. The fourth-order valence-electron chi connectivity index (χ4n) is 2.87. The number of benzene rings is 3. The van der Waals surface area contributed by atoms with Crippen molar-refractivity contribution in [2.45, 2.75) is 11.8 Å². The Bertz CT molecular complexity index is 1210. The maximum Gasteiger partial charge on any atom is 0.264 e. The number of rotatable bonds is 8. The van der Waals surface area contributed by atoms with E-state index in [0.717, 1.165) is 9.87 Å². The quantitative estimate of drug-likeness (QED) is 0.396. The second kappa shape index (κ2) is 10.3. The second-order valence-electron chi connectivity index (χ2n) is 6.77. The molecule has 1 amide bonds. The molecule has 3 aromatic rings. The van der Waals surface area contributed by atoms with Gasteiger partial charge >= 0.3 is 0 Å². The number of nitrogens with one attached hydrogen (secondary N) is 1. The van der Waals surface area contributed by atoms with Gasteiger partial charge in [0.05, 0.1) is 23.4 Å². The molecule has 0 aliphatic heterocycles. The zero-order valence-electron chi connectivity index (χ0n) is 17.5. The molecule has 0 saturated carbocycles. The van der Waals surface area contributed by atoms with Crippen LogP contribution in [-0.4, -0.2) is 33.7 Å². The summed E-state index contributed by atoms with van der Waals surface area (Å²) in [5.41, 5.74) is 4.04. The Morgan fingerprint density at radius 1 is 1.03 bits per heavy atom. The van der Waals surface area contributed by atoms with Gasteiger partial charge in [0, 0.05) is 11.1 Å². The number of anilines is 1. The van der Waals surface area contributed by atoms with E-state index in [1.807, 2.05) is 0 Å². The molecule has 166 valence electrons. The second-order valence-corrected chi connectivity index (χ2v) is 9.06. The Labute approximate surface area is 192 Å². The van der Waals surface area contributed by atoms with Crippen LogP contribution in [0.1, 0.15) is 12.5 Å². The molecule has 3 rings (SSSR count). The third kappa shape index (κ3) is 5.66. The van der Waals surface area contributed by atoms with E-state index < -0.39 is 22.5 Å². The molecule has 0 radical (unpaired) electrons. The number of hydrazone groups is 1. The highest BCUT2D eigenvalue weighted by molar-refractivity contribution is 7.92. The number of methoxy groups -OCH3 is 1. The lowest BCUT2D eigenvalue weighted by Gasteiger charge is -2.24. The average molecular weight is 472 g/mol. The summed E-state index contributed by atoms with van der Waals surface area (Å²) in [6.07, 6.45) is 0. The van der Waals surface area contributed by atoms with Crippen LogP contribution in [0.4, 0.5) is 5.69 Å². The van der Waals surface area contributed by atoms with Crippen LogP contribution in [0.25, 0.3) is 0 Å². The SMILES string of the molecule is COc1cccc(N(CC(=O)N/N=C(/C)c2ccc(Cl)cc2)S(=O)(=O)c2ccccc2)c1. The van der Waals surface area contributed by atoms with Gasteiger partial charge in [-0.25, -0.2) is 13.8 Å². The summed E-state index contributed by atoms with van der Waals surface area (Å²) < 4.78 is 32.9. The third-order valence-electron chi connectivity index (χ3n) is 4.57. The number of carbonyl (C=O) groups is 1. The lowest BCUT2D eigenvalue weighted by atomic mass is 10.1. The molecule has 0 aromatic heterocycles. The van der Waals surface area contributed by atoms with E-state index in [0.29, 0.717) is 22.2 Å². The van der Waals surface area contributed by atoms with E-state index >= 15 is 0 Å². The number of nitrogens with zero attached hydrogens (tertiary/aromatic N) is 2. The van der Waals surface area contributed by atoms with Gasteiger partial charge in [0.15, 0.2) is 0 Å². The minimum atomic E-state index is -4.02. The van der Waals surface area contributed by atoms with Gasteiger partial charge in [0.25, 0.3) is 15.9 Å². The van der Waals surface area contributed by atoms with Gasteiger partial charge < -0.3 is 4.74 Å². The first-order chi connectivity index (χ1) is 15.3. The average Bonchev–Trinajstić information content (AvgIpc) is 2.82. The van der Waals surface area contributed by atoms with E-state index in [2.05, 4.69) is 10.5 Å². The van der Waals surface area contributed by atoms with Gasteiger partial charge in [-0.3, -0.25) is 9.10 Å². The van der Waals surface area contributed by atoms with Crippen molar-refractivity contribution in [2.75, 3.05) is 18.0 Å². The lowest BCUT2D eigenvalue weighted by molar-refractivity contribution is -0.119. The lowest BCUT2D eigenvalue weighted by Crippen LogP contribution is -2.39. The number of hydrogen-bond acceptors (Lipinski definition) is 5. The van der Waals surface area contributed by atoms with Gasteiger partial charge in [-0.15, -0.1) is 0 Å². The molecule has 0 atom stereocenters. The first-order valence-corrected chi connectivity index (χ1v) is 11.4. The Hall–Kier alpha value is -3.36. The maximum absolute atomic E-state index is 13.3. The molecular weight excluding hydrogens is 450 g/mol. The van der Waals surface area contributed by atoms with Crippen molar-refractivity contribution in [3.8, 4) is 5.75 Å². The Morgan fingerprint density at radius 2 is 1.72 bits per heavy atom. The number of carbonyl (C=O) groups excluding carboxylic acids is 1. The minimum Gasteiger partial charge on any atom is -0.497 e. The molecule has 0 aliphatic carbocycles. The fraction of sp³-hybridized carbons (Fsp3) is 0.130. The molecule has 0 bridgehead atoms. The summed E-state index contributed by atoms with van der Waals surface area (Å²) in [6, 6.07) is 21.4. The van der Waals surface area contributed by atoms with Gasteiger partial charge in [0.1, 0.15) is 12.3 Å². The molecule has 1 N–H and O–H groups in total. The van der Waals surface area contributed by atoms with Crippen molar-refractivity contribution in [3.63, 3.8) is 0 Å². The molecule has 7 nitrogen and oxygen atoms in total. The first kappa shape index (κ1) is 23.3. The fourth-order valence-corrected chi connectivity index (χ4v) is 4.43. The van der Waals surface area contributed by atoms with Gasteiger partial charge in [-0.1, -0.05) is 48.0 Å². The molecule has 0 aliphatic rings. The maximum atomic E-state index is 13.3. The van der Waals surface area contributed by atoms with E-state index in [1.165, 1.54) is 19.2 Å². The van der Waals surface area contributed by atoms with Crippen molar-refractivity contribution in [1.29, 1.82) is 0 Å². The smallest absolute Gasteiger partial charge is 0.264 e. The van der Waals surface area contributed by atoms with Crippen LogP contribution in [-0.2, 0) is 14.8 Å². The van der Waals surface area contributed by atoms with Crippen molar-refractivity contribution >= 4 is 38.9 Å². The number of ether oxygens (including phenoxy) is 1. The molecule has 9 heteroatoms. The highest BCUT2D eigenvalue weighted by atomic mass is 35.5. The molecule has 0 spiro atoms. The van der Waals surface area contributed by atoms with Crippen LogP contribution in [0.5, 0.6) is 5.75 Å². The Kier molecular flexibility index (Phi) is 7.50. The molecule has 0 fully saturated rings. The molecule has 0 saturated heterocycles. The minimum absolute atomic E-state index is 0.0662. The van der Waals surface area contributed by atoms with Crippen molar-refractivity contribution < 1.29 is 17.9 Å². The number of hydrogen-bond donors (Lipinski definition) is 1. The molecule has 0 unspecified atom stereocenters. The monoisotopic (exact) mass is 471 g/mol. The van der Waals surface area contributed by atoms with E-state index in [1.54, 1.807) is 73.7 Å². The third-order valence-corrected chi connectivity index (χ3v) is 6.61. The summed E-state index contributed by atoms with van der Waals surface area (Å²) in [5, 5.41) is 4.68. The molecule has 0 heterocycles. The van der Waals surface area contributed by atoms with Crippen molar-refractivity contribution in [2.24, 2.45) is 5.10 Å². The summed E-state index contributed by atoms with van der Waals surface area (Å²) in [4.78, 5) is 12.7. The topological polar surface area (TPSA) is 88.1 Å². The summed E-state index contributed by atoms with van der Waals surface area (Å²) in [6.45, 7) is 1.26. The van der Waals surface area contributed by atoms with Crippen LogP contribution in [0.2, 0.25) is 5.02 Å². The summed E-state index contributed by atoms with van der Waals surface area (Å²) >= 11 is 5.89. The number of amides is 1. The van der Waals surface area contributed by atoms with Crippen LogP contribution in [0.3, 0.4) is 0 Å². The highest BCUT2D eigenvalue weighted by Crippen LogP contribution is 2.26.